The number of terminal acetylenes is 1. The number of nitrogens with one attached hydrogen (secondary N) is 1. The fourth-order valence-corrected chi connectivity index (χ4v) is 2.05. The molecule has 1 rings (SSSR count). The first-order valence-corrected chi connectivity index (χ1v) is 8.48. The van der Waals surface area contributed by atoms with Gasteiger partial charge >= 0.3 is 0 Å². The lowest BCUT2D eigenvalue weighted by Gasteiger charge is -2.09. The van der Waals surface area contributed by atoms with E-state index in [2.05, 4.69) is 11.2 Å². The van der Waals surface area contributed by atoms with Crippen LogP contribution in [0, 0.1) is 32.6 Å². The number of nitro groups is 2. The molecule has 154 valence electrons. The van der Waals surface area contributed by atoms with Gasteiger partial charge in [0.2, 0.25) is 0 Å². The summed E-state index contributed by atoms with van der Waals surface area (Å²) in [7, 11) is 0. The molecule has 0 fully saturated rings. The molecule has 0 saturated carbocycles. The highest BCUT2D eigenvalue weighted by atomic mass is 16.6. The lowest BCUT2D eigenvalue weighted by Crippen LogP contribution is -2.15. The second-order valence-corrected chi connectivity index (χ2v) is 5.21. The summed E-state index contributed by atoms with van der Waals surface area (Å²) in [5.74, 6) is 2.35. The molecule has 11 nitrogen and oxygen atoms in total. The van der Waals surface area contributed by atoms with Crippen LogP contribution in [0.15, 0.2) is 18.2 Å². The summed E-state index contributed by atoms with van der Waals surface area (Å²) in [5.41, 5.74) is -0.856. The molecular formula is C17H23N3O8. The Morgan fingerprint density at radius 3 is 1.79 bits per heavy atom. The maximum atomic E-state index is 11.0. The lowest BCUT2D eigenvalue weighted by atomic mass is 10.2. The zero-order valence-corrected chi connectivity index (χ0v) is 15.3. The number of nitrogens with zero attached hydrogens (tertiary/aromatic N) is 2. The summed E-state index contributed by atoms with van der Waals surface area (Å²) >= 11 is 0. The predicted molar refractivity (Wildman–Crippen MR) is 100 cm³/mol. The van der Waals surface area contributed by atoms with Crippen molar-refractivity contribution in [3.05, 3.63) is 38.4 Å². The van der Waals surface area contributed by atoms with Gasteiger partial charge in [0.25, 0.3) is 11.4 Å². The smallest absolute Gasteiger partial charge is 0.299 e. The molecular weight excluding hydrogens is 374 g/mol. The number of anilines is 1. The van der Waals surface area contributed by atoms with Crippen molar-refractivity contribution in [1.82, 2.24) is 0 Å². The Morgan fingerprint density at radius 1 is 0.857 bits per heavy atom. The standard InChI is InChI=1S/C17H23N3O8/c1-2-7-25-9-11-27-13-14-28-12-10-26-8-6-18-17-15(19(21)22)4-3-5-16(17)20(23)24/h1,3-5,18H,6-14H2. The number of hydrogen-bond acceptors (Lipinski definition) is 9. The van der Waals surface area contributed by atoms with Gasteiger partial charge in [-0.1, -0.05) is 5.92 Å². The second-order valence-electron chi connectivity index (χ2n) is 5.21. The zero-order valence-electron chi connectivity index (χ0n) is 15.3. The van der Waals surface area contributed by atoms with Crippen molar-refractivity contribution in [3.63, 3.8) is 0 Å². The summed E-state index contributed by atoms with van der Waals surface area (Å²) < 4.78 is 20.9. The molecule has 0 heterocycles. The summed E-state index contributed by atoms with van der Waals surface area (Å²) in [6.07, 6.45) is 5.03. The average Bonchev–Trinajstić information content (AvgIpc) is 2.67. The van der Waals surface area contributed by atoms with E-state index in [1.165, 1.54) is 18.2 Å². The van der Waals surface area contributed by atoms with E-state index in [1.807, 2.05) is 0 Å². The molecule has 0 saturated heterocycles. The molecule has 0 aliphatic carbocycles. The Hall–Kier alpha value is -2.78. The van der Waals surface area contributed by atoms with Gasteiger partial charge in [0.15, 0.2) is 5.69 Å². The van der Waals surface area contributed by atoms with Crippen molar-refractivity contribution in [3.8, 4) is 12.3 Å². The quantitative estimate of drug-likeness (QED) is 0.191. The van der Waals surface area contributed by atoms with Crippen molar-refractivity contribution in [1.29, 1.82) is 0 Å². The van der Waals surface area contributed by atoms with Gasteiger partial charge in [-0.15, -0.1) is 6.42 Å². The molecule has 11 heteroatoms. The number of hydrogen-bond donors (Lipinski definition) is 1. The Morgan fingerprint density at radius 2 is 1.32 bits per heavy atom. The molecule has 0 aliphatic rings. The van der Waals surface area contributed by atoms with Gasteiger partial charge in [-0.05, 0) is 6.07 Å². The van der Waals surface area contributed by atoms with Gasteiger partial charge in [0, 0.05) is 18.7 Å². The predicted octanol–water partition coefficient (Wildman–Crippen LogP) is 1.61. The van der Waals surface area contributed by atoms with Crippen LogP contribution in [0.5, 0.6) is 0 Å². The number of rotatable bonds is 16. The van der Waals surface area contributed by atoms with Gasteiger partial charge in [-0.2, -0.15) is 0 Å². The summed E-state index contributed by atoms with van der Waals surface area (Å²) in [6.45, 7) is 2.98. The first-order valence-electron chi connectivity index (χ1n) is 8.48. The van der Waals surface area contributed by atoms with Crippen molar-refractivity contribution in [2.24, 2.45) is 0 Å². The van der Waals surface area contributed by atoms with Crippen LogP contribution in [-0.4, -0.2) is 69.2 Å². The van der Waals surface area contributed by atoms with E-state index in [-0.39, 0.29) is 36.8 Å². The van der Waals surface area contributed by atoms with Crippen molar-refractivity contribution in [2.45, 2.75) is 0 Å². The highest BCUT2D eigenvalue weighted by molar-refractivity contribution is 5.73. The monoisotopic (exact) mass is 397 g/mol. The normalized spacial score (nSPS) is 10.4. The van der Waals surface area contributed by atoms with Crippen LogP contribution in [0.3, 0.4) is 0 Å². The molecule has 0 aliphatic heterocycles. The SMILES string of the molecule is C#CCOCCOCCOCCOCCNc1c([N+](=O)[O-])cccc1[N+](=O)[O-]. The van der Waals surface area contributed by atoms with E-state index in [4.69, 9.17) is 25.4 Å². The number of para-hydroxylation sites is 1. The molecule has 1 aromatic rings. The third-order valence-corrected chi connectivity index (χ3v) is 3.26. The van der Waals surface area contributed by atoms with E-state index in [1.54, 1.807) is 0 Å². The van der Waals surface area contributed by atoms with Crippen LogP contribution in [0.2, 0.25) is 0 Å². The van der Waals surface area contributed by atoms with Gasteiger partial charge in [0.1, 0.15) is 6.61 Å². The minimum atomic E-state index is -0.673. The topological polar surface area (TPSA) is 135 Å². The van der Waals surface area contributed by atoms with Crippen molar-refractivity contribution in [2.75, 3.05) is 64.7 Å². The van der Waals surface area contributed by atoms with E-state index in [0.29, 0.717) is 39.6 Å². The van der Waals surface area contributed by atoms with Crippen LogP contribution in [-0.2, 0) is 18.9 Å². The maximum absolute atomic E-state index is 11.0. The minimum Gasteiger partial charge on any atom is -0.377 e. The van der Waals surface area contributed by atoms with Crippen LogP contribution >= 0.6 is 0 Å². The number of ether oxygens (including phenoxy) is 4. The largest absolute Gasteiger partial charge is 0.377 e. The summed E-state index contributed by atoms with van der Waals surface area (Å²) in [5, 5.41) is 24.7. The molecule has 0 unspecified atom stereocenters. The molecule has 0 bridgehead atoms. The van der Waals surface area contributed by atoms with E-state index in [0.717, 1.165) is 0 Å². The summed E-state index contributed by atoms with van der Waals surface area (Å²) in [4.78, 5) is 20.7. The molecule has 0 amide bonds. The van der Waals surface area contributed by atoms with Gasteiger partial charge < -0.3 is 24.3 Å². The highest BCUT2D eigenvalue weighted by Gasteiger charge is 2.24. The van der Waals surface area contributed by atoms with Crippen LogP contribution in [0.25, 0.3) is 0 Å². The van der Waals surface area contributed by atoms with E-state index >= 15 is 0 Å². The van der Waals surface area contributed by atoms with Crippen molar-refractivity contribution >= 4 is 17.1 Å². The second kappa shape index (κ2) is 14.3. The highest BCUT2D eigenvalue weighted by Crippen LogP contribution is 2.33. The maximum Gasteiger partial charge on any atom is 0.299 e. The molecule has 0 radical (unpaired) electrons. The minimum absolute atomic E-state index is 0.138. The summed E-state index contributed by atoms with van der Waals surface area (Å²) in [6, 6.07) is 3.67. The molecule has 0 spiro atoms. The Labute approximate surface area is 162 Å². The van der Waals surface area contributed by atoms with Crippen LogP contribution in [0.1, 0.15) is 0 Å². The molecule has 1 aromatic carbocycles. The zero-order chi connectivity index (χ0) is 20.6. The van der Waals surface area contributed by atoms with Crippen molar-refractivity contribution < 1.29 is 28.8 Å². The fraction of sp³-hybridized carbons (Fsp3) is 0.529. The van der Waals surface area contributed by atoms with Gasteiger partial charge in [0.05, 0.1) is 56.1 Å². The van der Waals surface area contributed by atoms with Gasteiger partial charge in [-0.3, -0.25) is 20.2 Å². The van der Waals surface area contributed by atoms with E-state index < -0.39 is 9.85 Å². The molecule has 0 atom stereocenters. The Kier molecular flexibility index (Phi) is 11.9. The lowest BCUT2D eigenvalue weighted by molar-refractivity contribution is -0.392. The van der Waals surface area contributed by atoms with E-state index in [9.17, 15) is 20.2 Å². The average molecular weight is 397 g/mol. The number of nitro benzene ring substituents is 2. The van der Waals surface area contributed by atoms with Gasteiger partial charge in [-0.25, -0.2) is 0 Å². The van der Waals surface area contributed by atoms with Crippen LogP contribution in [0.4, 0.5) is 17.1 Å². The third-order valence-electron chi connectivity index (χ3n) is 3.26. The molecule has 0 aromatic heterocycles. The first kappa shape index (κ1) is 23.3. The molecule has 1 N–H and O–H groups in total. The number of benzene rings is 1. The third kappa shape index (κ3) is 9.24. The first-order chi connectivity index (χ1) is 13.6. The Balaban J connectivity index is 2.13. The van der Waals surface area contributed by atoms with Crippen LogP contribution < -0.4 is 5.32 Å². The Bertz CT molecular complexity index is 630. The molecule has 28 heavy (non-hydrogen) atoms. The fourth-order valence-electron chi connectivity index (χ4n) is 2.05.